The van der Waals surface area contributed by atoms with Gasteiger partial charge in [-0.3, -0.25) is 0 Å². The van der Waals surface area contributed by atoms with Crippen molar-refractivity contribution in [2.24, 2.45) is 5.73 Å². The number of hydrogen-bond acceptors (Lipinski definition) is 3. The Morgan fingerprint density at radius 2 is 1.88 bits per heavy atom. The molecule has 0 amide bonds. The van der Waals surface area contributed by atoms with Gasteiger partial charge in [0, 0.05) is 6.54 Å². The molecule has 0 bridgehead atoms. The van der Waals surface area contributed by atoms with E-state index in [0.717, 1.165) is 11.3 Å². The van der Waals surface area contributed by atoms with Gasteiger partial charge in [0.05, 0.1) is 5.60 Å². The van der Waals surface area contributed by atoms with Gasteiger partial charge in [-0.2, -0.15) is 0 Å². The van der Waals surface area contributed by atoms with Crippen LogP contribution in [0.3, 0.4) is 0 Å². The van der Waals surface area contributed by atoms with E-state index in [1.54, 1.807) is 13.8 Å². The van der Waals surface area contributed by atoms with Gasteiger partial charge in [0.25, 0.3) is 0 Å². The first-order chi connectivity index (χ1) is 7.26. The molecule has 3 heteroatoms. The second-order valence-electron chi connectivity index (χ2n) is 5.02. The lowest BCUT2D eigenvalue weighted by Gasteiger charge is -2.37. The lowest BCUT2D eigenvalue weighted by molar-refractivity contribution is -0.0906. The molecule has 0 heterocycles. The predicted octanol–water partition coefficient (Wildman–Crippen LogP) is 2.07. The number of hydrogen-bond donors (Lipinski definition) is 2. The Morgan fingerprint density at radius 1 is 1.25 bits per heavy atom. The molecule has 0 aliphatic heterocycles. The van der Waals surface area contributed by atoms with Crippen LogP contribution >= 0.6 is 0 Å². The Bertz CT molecular complexity index is 353. The van der Waals surface area contributed by atoms with Crippen molar-refractivity contribution in [3.05, 3.63) is 29.8 Å². The van der Waals surface area contributed by atoms with Crippen molar-refractivity contribution in [2.45, 2.75) is 45.4 Å². The minimum absolute atomic E-state index is 0.486. The molecule has 1 rings (SSSR count). The summed E-state index contributed by atoms with van der Waals surface area (Å²) in [6.45, 7) is 7.68. The maximum Gasteiger partial charge on any atom is 0.131 e. The summed E-state index contributed by atoms with van der Waals surface area (Å²) >= 11 is 0. The molecular formula is C13H21NO2. The Balaban J connectivity index is 2.88. The van der Waals surface area contributed by atoms with Crippen LogP contribution in [0.1, 0.15) is 33.3 Å². The van der Waals surface area contributed by atoms with Crippen LogP contribution < -0.4 is 10.5 Å². The topological polar surface area (TPSA) is 55.5 Å². The molecule has 90 valence electrons. The van der Waals surface area contributed by atoms with E-state index in [1.165, 1.54) is 0 Å². The zero-order valence-corrected chi connectivity index (χ0v) is 10.4. The van der Waals surface area contributed by atoms with Crippen molar-refractivity contribution < 1.29 is 9.84 Å². The Morgan fingerprint density at radius 3 is 2.38 bits per heavy atom. The highest BCUT2D eigenvalue weighted by atomic mass is 16.5. The minimum Gasteiger partial charge on any atom is -0.485 e. The average Bonchev–Trinajstić information content (AvgIpc) is 2.15. The van der Waals surface area contributed by atoms with Crippen molar-refractivity contribution in [3.63, 3.8) is 0 Å². The third kappa shape index (κ3) is 2.97. The zero-order chi connectivity index (χ0) is 12.4. The Hall–Kier alpha value is -1.06. The number of aliphatic hydroxyl groups is 1. The number of ether oxygens (including phenoxy) is 1. The van der Waals surface area contributed by atoms with Crippen LogP contribution in [0, 0.1) is 0 Å². The summed E-state index contributed by atoms with van der Waals surface area (Å²) in [5.41, 5.74) is 5.02. The maximum atomic E-state index is 9.98. The van der Waals surface area contributed by atoms with Gasteiger partial charge in [-0.1, -0.05) is 12.1 Å². The van der Waals surface area contributed by atoms with E-state index in [-0.39, 0.29) is 0 Å². The smallest absolute Gasteiger partial charge is 0.131 e. The molecule has 3 nitrogen and oxygen atoms in total. The Labute approximate surface area is 97.2 Å². The molecule has 3 N–H and O–H groups in total. The van der Waals surface area contributed by atoms with Gasteiger partial charge in [0.1, 0.15) is 11.4 Å². The van der Waals surface area contributed by atoms with E-state index >= 15 is 0 Å². The predicted molar refractivity (Wildman–Crippen MR) is 65.3 cm³/mol. The first-order valence-electron chi connectivity index (χ1n) is 5.47. The highest BCUT2D eigenvalue weighted by Crippen LogP contribution is 2.28. The normalized spacial score (nSPS) is 12.6. The summed E-state index contributed by atoms with van der Waals surface area (Å²) < 4.78 is 5.80. The SMILES string of the molecule is CC(C)(O)C(C)(C)Oc1cccc(CN)c1. The first kappa shape index (κ1) is 13.0. The van der Waals surface area contributed by atoms with Crippen LogP contribution in [-0.4, -0.2) is 16.3 Å². The average molecular weight is 223 g/mol. The first-order valence-corrected chi connectivity index (χ1v) is 5.47. The molecule has 1 aromatic carbocycles. The molecule has 0 unspecified atom stereocenters. The van der Waals surface area contributed by atoms with Crippen molar-refractivity contribution in [1.82, 2.24) is 0 Å². The summed E-state index contributed by atoms with van der Waals surface area (Å²) in [6, 6.07) is 7.61. The van der Waals surface area contributed by atoms with E-state index in [2.05, 4.69) is 0 Å². The molecule has 0 spiro atoms. The second-order valence-corrected chi connectivity index (χ2v) is 5.02. The fourth-order valence-corrected chi connectivity index (χ4v) is 1.16. The largest absolute Gasteiger partial charge is 0.485 e. The summed E-state index contributed by atoms with van der Waals surface area (Å²) in [4.78, 5) is 0. The van der Waals surface area contributed by atoms with E-state index in [4.69, 9.17) is 10.5 Å². The van der Waals surface area contributed by atoms with Crippen LogP contribution in [0.5, 0.6) is 5.75 Å². The number of nitrogens with two attached hydrogens (primary N) is 1. The van der Waals surface area contributed by atoms with Gasteiger partial charge in [-0.15, -0.1) is 0 Å². The quantitative estimate of drug-likeness (QED) is 0.821. The molecule has 0 fully saturated rings. The summed E-state index contributed by atoms with van der Waals surface area (Å²) in [5, 5.41) is 9.98. The molecule has 0 atom stereocenters. The standard InChI is InChI=1S/C13H21NO2/c1-12(2,15)13(3,4)16-11-7-5-6-10(8-11)9-14/h5-8,15H,9,14H2,1-4H3. The van der Waals surface area contributed by atoms with Gasteiger partial charge in [-0.05, 0) is 45.4 Å². The molecule has 16 heavy (non-hydrogen) atoms. The monoisotopic (exact) mass is 223 g/mol. The minimum atomic E-state index is -0.911. The summed E-state index contributed by atoms with van der Waals surface area (Å²) in [5.74, 6) is 0.732. The van der Waals surface area contributed by atoms with E-state index < -0.39 is 11.2 Å². The van der Waals surface area contributed by atoms with E-state index in [1.807, 2.05) is 38.1 Å². The maximum absolute atomic E-state index is 9.98. The zero-order valence-electron chi connectivity index (χ0n) is 10.4. The van der Waals surface area contributed by atoms with Crippen LogP contribution in [0.2, 0.25) is 0 Å². The molecule has 0 saturated carbocycles. The van der Waals surface area contributed by atoms with Gasteiger partial charge in [0.15, 0.2) is 0 Å². The Kier molecular flexibility index (Phi) is 3.61. The third-order valence-corrected chi connectivity index (χ3v) is 2.98. The molecule has 0 aliphatic carbocycles. The molecular weight excluding hydrogens is 202 g/mol. The van der Waals surface area contributed by atoms with Crippen LogP contribution in [0.25, 0.3) is 0 Å². The molecule has 1 aromatic rings. The van der Waals surface area contributed by atoms with Crippen LogP contribution in [0.4, 0.5) is 0 Å². The lowest BCUT2D eigenvalue weighted by Crippen LogP contribution is -2.49. The van der Waals surface area contributed by atoms with E-state index in [0.29, 0.717) is 6.54 Å². The van der Waals surface area contributed by atoms with Crippen molar-refractivity contribution in [1.29, 1.82) is 0 Å². The van der Waals surface area contributed by atoms with Crippen LogP contribution in [-0.2, 0) is 6.54 Å². The van der Waals surface area contributed by atoms with Crippen LogP contribution in [0.15, 0.2) is 24.3 Å². The highest BCUT2D eigenvalue weighted by molar-refractivity contribution is 5.29. The third-order valence-electron chi connectivity index (χ3n) is 2.98. The fraction of sp³-hybridized carbons (Fsp3) is 0.538. The van der Waals surface area contributed by atoms with Gasteiger partial charge < -0.3 is 15.6 Å². The van der Waals surface area contributed by atoms with Crippen molar-refractivity contribution >= 4 is 0 Å². The summed E-state index contributed by atoms with van der Waals surface area (Å²) in [7, 11) is 0. The van der Waals surface area contributed by atoms with Crippen molar-refractivity contribution in [3.8, 4) is 5.75 Å². The molecule has 0 radical (unpaired) electrons. The fourth-order valence-electron chi connectivity index (χ4n) is 1.16. The number of rotatable bonds is 4. The molecule has 0 saturated heterocycles. The lowest BCUT2D eigenvalue weighted by atomic mass is 9.89. The second kappa shape index (κ2) is 4.44. The molecule has 0 aromatic heterocycles. The number of benzene rings is 1. The van der Waals surface area contributed by atoms with Gasteiger partial charge in [0.2, 0.25) is 0 Å². The molecule has 0 aliphatic rings. The van der Waals surface area contributed by atoms with Gasteiger partial charge in [-0.25, -0.2) is 0 Å². The van der Waals surface area contributed by atoms with Crippen molar-refractivity contribution in [2.75, 3.05) is 0 Å². The summed E-state index contributed by atoms with van der Waals surface area (Å²) in [6.07, 6.45) is 0. The van der Waals surface area contributed by atoms with Gasteiger partial charge >= 0.3 is 0 Å². The van der Waals surface area contributed by atoms with E-state index in [9.17, 15) is 5.11 Å². The highest BCUT2D eigenvalue weighted by Gasteiger charge is 2.37.